The van der Waals surface area contributed by atoms with Gasteiger partial charge in [0.2, 0.25) is 0 Å². The van der Waals surface area contributed by atoms with E-state index in [0.29, 0.717) is 12.5 Å². The molecule has 0 spiro atoms. The maximum Gasteiger partial charge on any atom is 0.142 e. The van der Waals surface area contributed by atoms with E-state index in [4.69, 9.17) is 16.3 Å². The van der Waals surface area contributed by atoms with Crippen molar-refractivity contribution < 1.29 is 9.13 Å². The van der Waals surface area contributed by atoms with E-state index in [2.05, 4.69) is 29.8 Å². The third kappa shape index (κ3) is 3.74. The second kappa shape index (κ2) is 6.59. The molecule has 0 aliphatic heterocycles. The molecule has 2 aromatic rings. The smallest absolute Gasteiger partial charge is 0.142 e. The summed E-state index contributed by atoms with van der Waals surface area (Å²) in [4.78, 5) is 0. The van der Waals surface area contributed by atoms with Gasteiger partial charge in [-0.2, -0.15) is 0 Å². The maximum atomic E-state index is 13.4. The SMILES string of the molecule is CC(C)c1cc(Br)ccc1OCc1ccc(Cl)c(F)c1. The van der Waals surface area contributed by atoms with Crippen LogP contribution in [0.2, 0.25) is 5.02 Å². The summed E-state index contributed by atoms with van der Waals surface area (Å²) in [5.41, 5.74) is 1.87. The first kappa shape index (κ1) is 15.3. The van der Waals surface area contributed by atoms with Crippen LogP contribution in [0.25, 0.3) is 0 Å². The zero-order valence-corrected chi connectivity index (χ0v) is 13.6. The van der Waals surface area contributed by atoms with E-state index in [1.54, 1.807) is 12.1 Å². The van der Waals surface area contributed by atoms with Crippen molar-refractivity contribution in [3.63, 3.8) is 0 Å². The Labute approximate surface area is 131 Å². The summed E-state index contributed by atoms with van der Waals surface area (Å²) in [7, 11) is 0. The van der Waals surface area contributed by atoms with Crippen molar-refractivity contribution in [3.05, 3.63) is 62.8 Å². The van der Waals surface area contributed by atoms with Crippen LogP contribution in [0, 0.1) is 5.82 Å². The van der Waals surface area contributed by atoms with Gasteiger partial charge in [-0.05, 0) is 47.4 Å². The Balaban J connectivity index is 2.16. The molecule has 0 atom stereocenters. The predicted molar refractivity (Wildman–Crippen MR) is 84.0 cm³/mol. The number of halogens is 3. The Morgan fingerprint density at radius 2 is 1.95 bits per heavy atom. The first-order valence-corrected chi connectivity index (χ1v) is 7.50. The maximum absolute atomic E-state index is 13.4. The molecule has 106 valence electrons. The first-order chi connectivity index (χ1) is 9.47. The number of hydrogen-bond donors (Lipinski definition) is 0. The van der Waals surface area contributed by atoms with Crippen molar-refractivity contribution in [1.29, 1.82) is 0 Å². The Morgan fingerprint density at radius 3 is 2.60 bits per heavy atom. The molecule has 0 aromatic heterocycles. The second-order valence-electron chi connectivity index (χ2n) is 4.87. The van der Waals surface area contributed by atoms with Gasteiger partial charge in [0.05, 0.1) is 5.02 Å². The lowest BCUT2D eigenvalue weighted by Crippen LogP contribution is -2.00. The molecule has 2 rings (SSSR count). The molecule has 4 heteroatoms. The van der Waals surface area contributed by atoms with Gasteiger partial charge in [-0.25, -0.2) is 4.39 Å². The van der Waals surface area contributed by atoms with Crippen molar-refractivity contribution >= 4 is 27.5 Å². The normalized spacial score (nSPS) is 10.9. The number of rotatable bonds is 4. The summed E-state index contributed by atoms with van der Waals surface area (Å²) < 4.78 is 20.2. The van der Waals surface area contributed by atoms with Gasteiger partial charge < -0.3 is 4.74 Å². The predicted octanol–water partition coefficient (Wildman–Crippen LogP) is 5.94. The highest BCUT2D eigenvalue weighted by Crippen LogP contribution is 2.30. The van der Waals surface area contributed by atoms with Crippen LogP contribution in [-0.4, -0.2) is 0 Å². The topological polar surface area (TPSA) is 9.23 Å². The summed E-state index contributed by atoms with van der Waals surface area (Å²) in [6, 6.07) is 10.6. The molecule has 0 saturated carbocycles. The largest absolute Gasteiger partial charge is 0.489 e. The lowest BCUT2D eigenvalue weighted by molar-refractivity contribution is 0.301. The minimum atomic E-state index is -0.423. The molecule has 0 aliphatic rings. The fraction of sp³-hybridized carbons (Fsp3) is 0.250. The van der Waals surface area contributed by atoms with Gasteiger partial charge >= 0.3 is 0 Å². The van der Waals surface area contributed by atoms with Crippen molar-refractivity contribution in [1.82, 2.24) is 0 Å². The van der Waals surface area contributed by atoms with Gasteiger partial charge in [0.15, 0.2) is 0 Å². The van der Waals surface area contributed by atoms with Gasteiger partial charge in [0, 0.05) is 4.47 Å². The molecule has 20 heavy (non-hydrogen) atoms. The highest BCUT2D eigenvalue weighted by molar-refractivity contribution is 9.10. The lowest BCUT2D eigenvalue weighted by atomic mass is 10.0. The van der Waals surface area contributed by atoms with E-state index in [1.165, 1.54) is 6.07 Å². The molecular formula is C16H15BrClFO. The van der Waals surface area contributed by atoms with E-state index in [1.807, 2.05) is 18.2 Å². The summed E-state index contributed by atoms with van der Waals surface area (Å²) in [5, 5.41) is 0.125. The fourth-order valence-corrected chi connectivity index (χ4v) is 2.39. The molecule has 0 saturated heterocycles. The molecule has 0 radical (unpaired) electrons. The van der Waals surface area contributed by atoms with Gasteiger partial charge in [-0.3, -0.25) is 0 Å². The Hall–Kier alpha value is -1.06. The third-order valence-electron chi connectivity index (χ3n) is 2.97. The summed E-state index contributed by atoms with van der Waals surface area (Å²) in [6.07, 6.45) is 0. The minimum absolute atomic E-state index is 0.125. The van der Waals surface area contributed by atoms with Crippen LogP contribution in [0.4, 0.5) is 4.39 Å². The van der Waals surface area contributed by atoms with Gasteiger partial charge in [-0.1, -0.05) is 47.4 Å². The molecule has 0 N–H and O–H groups in total. The Kier molecular flexibility index (Phi) is 5.06. The molecule has 0 unspecified atom stereocenters. The van der Waals surface area contributed by atoms with Gasteiger partial charge in [0.25, 0.3) is 0 Å². The molecule has 0 amide bonds. The van der Waals surface area contributed by atoms with Gasteiger partial charge in [-0.15, -0.1) is 0 Å². The van der Waals surface area contributed by atoms with Crippen LogP contribution in [0.1, 0.15) is 30.9 Å². The van der Waals surface area contributed by atoms with Crippen molar-refractivity contribution in [2.24, 2.45) is 0 Å². The molecular weight excluding hydrogens is 343 g/mol. The van der Waals surface area contributed by atoms with E-state index >= 15 is 0 Å². The van der Waals surface area contributed by atoms with E-state index in [-0.39, 0.29) is 5.02 Å². The number of ether oxygens (including phenoxy) is 1. The van der Waals surface area contributed by atoms with Crippen LogP contribution < -0.4 is 4.74 Å². The standard InChI is InChI=1S/C16H15BrClFO/c1-10(2)13-8-12(17)4-6-16(13)20-9-11-3-5-14(18)15(19)7-11/h3-8,10H,9H2,1-2H3. The van der Waals surface area contributed by atoms with Crippen LogP contribution in [0.3, 0.4) is 0 Å². The third-order valence-corrected chi connectivity index (χ3v) is 3.77. The fourth-order valence-electron chi connectivity index (χ4n) is 1.89. The number of hydrogen-bond acceptors (Lipinski definition) is 1. The zero-order chi connectivity index (χ0) is 14.7. The van der Waals surface area contributed by atoms with Crippen LogP contribution in [0.15, 0.2) is 40.9 Å². The van der Waals surface area contributed by atoms with Crippen LogP contribution >= 0.6 is 27.5 Å². The van der Waals surface area contributed by atoms with Crippen LogP contribution in [0.5, 0.6) is 5.75 Å². The minimum Gasteiger partial charge on any atom is -0.489 e. The summed E-state index contributed by atoms with van der Waals surface area (Å²) >= 11 is 9.12. The molecule has 2 aromatic carbocycles. The molecule has 0 aliphatic carbocycles. The zero-order valence-electron chi connectivity index (χ0n) is 11.3. The average Bonchev–Trinajstić information content (AvgIpc) is 2.41. The van der Waals surface area contributed by atoms with Crippen molar-refractivity contribution in [2.75, 3.05) is 0 Å². The van der Waals surface area contributed by atoms with E-state index in [0.717, 1.165) is 21.3 Å². The summed E-state index contributed by atoms with van der Waals surface area (Å²) in [5.74, 6) is 0.746. The molecule has 0 bridgehead atoms. The number of benzene rings is 2. The molecule has 0 heterocycles. The Morgan fingerprint density at radius 1 is 1.20 bits per heavy atom. The van der Waals surface area contributed by atoms with Crippen molar-refractivity contribution in [2.45, 2.75) is 26.4 Å². The van der Waals surface area contributed by atoms with Crippen LogP contribution in [-0.2, 0) is 6.61 Å². The Bertz CT molecular complexity index is 613. The first-order valence-electron chi connectivity index (χ1n) is 6.33. The average molecular weight is 358 g/mol. The highest BCUT2D eigenvalue weighted by atomic mass is 79.9. The van der Waals surface area contributed by atoms with E-state index < -0.39 is 5.82 Å². The van der Waals surface area contributed by atoms with Gasteiger partial charge in [0.1, 0.15) is 18.2 Å². The second-order valence-corrected chi connectivity index (χ2v) is 6.20. The molecule has 0 fully saturated rings. The van der Waals surface area contributed by atoms with E-state index in [9.17, 15) is 4.39 Å². The van der Waals surface area contributed by atoms with Crippen molar-refractivity contribution in [3.8, 4) is 5.75 Å². The highest BCUT2D eigenvalue weighted by Gasteiger charge is 2.09. The summed E-state index contributed by atoms with van der Waals surface area (Å²) in [6.45, 7) is 4.53. The lowest BCUT2D eigenvalue weighted by Gasteiger charge is -2.14. The molecule has 1 nitrogen and oxygen atoms in total. The quantitative estimate of drug-likeness (QED) is 0.657. The monoisotopic (exact) mass is 356 g/mol.